The van der Waals surface area contributed by atoms with Crippen LogP contribution in [0.3, 0.4) is 0 Å². The van der Waals surface area contributed by atoms with Gasteiger partial charge in [0.25, 0.3) is 0 Å². The van der Waals surface area contributed by atoms with Crippen LogP contribution in [0.1, 0.15) is 63.0 Å². The van der Waals surface area contributed by atoms with Crippen LogP contribution >= 0.6 is 0 Å². The second kappa shape index (κ2) is 4.62. The highest BCUT2D eigenvalue weighted by atomic mass is 16.3. The topological polar surface area (TPSA) is 25.2 Å². The number of furan rings is 1. The zero-order valence-corrected chi connectivity index (χ0v) is 12.8. The quantitative estimate of drug-likeness (QED) is 0.876. The average molecular weight is 273 g/mol. The smallest absolute Gasteiger partial charge is 0.120 e. The molecule has 4 aliphatic carbocycles. The van der Waals surface area contributed by atoms with Crippen molar-refractivity contribution in [1.82, 2.24) is 5.32 Å². The van der Waals surface area contributed by atoms with Crippen molar-refractivity contribution in [2.45, 2.75) is 58.4 Å². The van der Waals surface area contributed by atoms with Gasteiger partial charge < -0.3 is 9.73 Å². The molecule has 110 valence electrons. The van der Waals surface area contributed by atoms with Crippen LogP contribution < -0.4 is 5.32 Å². The van der Waals surface area contributed by atoms with Crippen molar-refractivity contribution in [2.75, 3.05) is 6.54 Å². The molecule has 1 unspecified atom stereocenters. The largest absolute Gasteiger partial charge is 0.465 e. The summed E-state index contributed by atoms with van der Waals surface area (Å²) in [5.41, 5.74) is 0.616. The third-order valence-corrected chi connectivity index (χ3v) is 6.14. The Morgan fingerprint density at radius 1 is 1.15 bits per heavy atom. The molecule has 1 atom stereocenters. The van der Waals surface area contributed by atoms with Gasteiger partial charge in [0, 0.05) is 6.54 Å². The summed E-state index contributed by atoms with van der Waals surface area (Å²) in [5.74, 6) is 5.24. The Morgan fingerprint density at radius 3 is 2.25 bits per heavy atom. The van der Waals surface area contributed by atoms with Crippen molar-refractivity contribution >= 4 is 0 Å². The van der Waals surface area contributed by atoms with Crippen LogP contribution in [0.2, 0.25) is 0 Å². The molecule has 0 amide bonds. The number of aryl methyl sites for hydroxylation is 1. The SMILES string of the molecule is Cc1ccc(C(C)NCC23CC4CC(CC(C4)C2)C3)o1. The highest BCUT2D eigenvalue weighted by Gasteiger charge is 2.50. The second-order valence-corrected chi connectivity index (χ2v) is 7.97. The molecule has 2 nitrogen and oxygen atoms in total. The standard InChI is InChI=1S/C18H27NO/c1-12-3-4-17(20-12)13(2)19-11-18-8-14-5-15(9-18)7-16(6-14)10-18/h3-4,13-16,19H,5-11H2,1-2H3. The zero-order valence-electron chi connectivity index (χ0n) is 12.8. The lowest BCUT2D eigenvalue weighted by Crippen LogP contribution is -2.50. The van der Waals surface area contributed by atoms with Crippen LogP contribution in [0, 0.1) is 30.1 Å². The Balaban J connectivity index is 1.42. The third-order valence-electron chi connectivity index (χ3n) is 6.14. The van der Waals surface area contributed by atoms with Crippen molar-refractivity contribution < 1.29 is 4.42 Å². The summed E-state index contributed by atoms with van der Waals surface area (Å²) in [7, 11) is 0. The Morgan fingerprint density at radius 2 is 1.75 bits per heavy atom. The molecule has 1 aromatic rings. The Kier molecular flexibility index (Phi) is 2.99. The fourth-order valence-corrected chi connectivity index (χ4v) is 5.66. The highest BCUT2D eigenvalue weighted by molar-refractivity contribution is 5.09. The van der Waals surface area contributed by atoms with E-state index in [1.165, 1.54) is 45.1 Å². The number of nitrogens with one attached hydrogen (secondary N) is 1. The van der Waals surface area contributed by atoms with Gasteiger partial charge in [-0.25, -0.2) is 0 Å². The summed E-state index contributed by atoms with van der Waals surface area (Å²) in [4.78, 5) is 0. The van der Waals surface area contributed by atoms with Crippen molar-refractivity contribution in [2.24, 2.45) is 23.2 Å². The first-order chi connectivity index (χ1) is 9.62. The van der Waals surface area contributed by atoms with E-state index in [1.54, 1.807) is 0 Å². The van der Waals surface area contributed by atoms with Gasteiger partial charge in [0.2, 0.25) is 0 Å². The molecular weight excluding hydrogens is 246 g/mol. The molecule has 4 bridgehead atoms. The molecule has 0 spiro atoms. The van der Waals surface area contributed by atoms with E-state index in [1.807, 2.05) is 6.92 Å². The minimum atomic E-state index is 0.344. The Hall–Kier alpha value is -0.760. The monoisotopic (exact) mass is 273 g/mol. The molecule has 1 heterocycles. The van der Waals surface area contributed by atoms with Crippen molar-refractivity contribution in [3.8, 4) is 0 Å². The number of hydrogen-bond acceptors (Lipinski definition) is 2. The maximum Gasteiger partial charge on any atom is 0.120 e. The summed E-state index contributed by atoms with van der Waals surface area (Å²) in [6.07, 6.45) is 9.05. The van der Waals surface area contributed by atoms with Crippen LogP contribution in [0.5, 0.6) is 0 Å². The lowest BCUT2D eigenvalue weighted by molar-refractivity contribution is -0.0525. The van der Waals surface area contributed by atoms with Crippen LogP contribution in [0.25, 0.3) is 0 Å². The molecule has 1 aromatic heterocycles. The summed E-state index contributed by atoms with van der Waals surface area (Å²) in [5, 5.41) is 3.78. The van der Waals surface area contributed by atoms with E-state index in [-0.39, 0.29) is 0 Å². The molecule has 0 saturated heterocycles. The Labute approximate surface area is 122 Å². The van der Waals surface area contributed by atoms with Gasteiger partial charge in [-0.05, 0) is 87.7 Å². The molecule has 4 saturated carbocycles. The maximum atomic E-state index is 5.75. The maximum absolute atomic E-state index is 5.75. The van der Waals surface area contributed by atoms with Crippen molar-refractivity contribution in [3.05, 3.63) is 23.7 Å². The van der Waals surface area contributed by atoms with E-state index < -0.39 is 0 Å². The molecule has 4 fully saturated rings. The van der Waals surface area contributed by atoms with Gasteiger partial charge >= 0.3 is 0 Å². The minimum Gasteiger partial charge on any atom is -0.465 e. The first-order valence-electron chi connectivity index (χ1n) is 8.42. The van der Waals surface area contributed by atoms with E-state index >= 15 is 0 Å². The predicted octanol–water partition coefficient (Wildman–Crippen LogP) is 4.46. The van der Waals surface area contributed by atoms with E-state index in [4.69, 9.17) is 4.42 Å². The van der Waals surface area contributed by atoms with Gasteiger partial charge in [-0.3, -0.25) is 0 Å². The summed E-state index contributed by atoms with van der Waals surface area (Å²) >= 11 is 0. The molecule has 0 aromatic carbocycles. The predicted molar refractivity (Wildman–Crippen MR) is 80.5 cm³/mol. The van der Waals surface area contributed by atoms with Crippen LogP contribution in [-0.4, -0.2) is 6.54 Å². The fraction of sp³-hybridized carbons (Fsp3) is 0.778. The molecule has 1 N–H and O–H groups in total. The molecule has 0 radical (unpaired) electrons. The van der Waals surface area contributed by atoms with Crippen LogP contribution in [-0.2, 0) is 0 Å². The summed E-state index contributed by atoms with van der Waals surface area (Å²) in [6, 6.07) is 4.53. The van der Waals surface area contributed by atoms with Gasteiger partial charge in [0.15, 0.2) is 0 Å². The highest BCUT2D eigenvalue weighted by Crippen LogP contribution is 2.59. The lowest BCUT2D eigenvalue weighted by atomic mass is 9.49. The average Bonchev–Trinajstić information content (AvgIpc) is 2.81. The van der Waals surface area contributed by atoms with E-state index in [9.17, 15) is 0 Å². The van der Waals surface area contributed by atoms with Crippen LogP contribution in [0.15, 0.2) is 16.5 Å². The fourth-order valence-electron chi connectivity index (χ4n) is 5.66. The lowest BCUT2D eigenvalue weighted by Gasteiger charge is -2.57. The summed E-state index contributed by atoms with van der Waals surface area (Å²) < 4.78 is 5.75. The van der Waals surface area contributed by atoms with Crippen molar-refractivity contribution in [1.29, 1.82) is 0 Å². The van der Waals surface area contributed by atoms with E-state index in [2.05, 4.69) is 24.4 Å². The normalized spacial score (nSPS) is 40.2. The van der Waals surface area contributed by atoms with E-state index in [0.717, 1.165) is 29.3 Å². The molecule has 20 heavy (non-hydrogen) atoms. The molecule has 0 aliphatic heterocycles. The molecule has 4 aliphatic rings. The number of hydrogen-bond donors (Lipinski definition) is 1. The van der Waals surface area contributed by atoms with Gasteiger partial charge in [0.05, 0.1) is 6.04 Å². The summed E-state index contributed by atoms with van der Waals surface area (Å²) in [6.45, 7) is 5.45. The van der Waals surface area contributed by atoms with Gasteiger partial charge in [-0.15, -0.1) is 0 Å². The first-order valence-corrected chi connectivity index (χ1v) is 8.42. The molecule has 5 rings (SSSR count). The van der Waals surface area contributed by atoms with E-state index in [0.29, 0.717) is 11.5 Å². The van der Waals surface area contributed by atoms with Gasteiger partial charge in [-0.2, -0.15) is 0 Å². The third kappa shape index (κ3) is 2.22. The van der Waals surface area contributed by atoms with Crippen LogP contribution in [0.4, 0.5) is 0 Å². The first kappa shape index (κ1) is 12.9. The number of rotatable bonds is 4. The minimum absolute atomic E-state index is 0.344. The molecule has 2 heteroatoms. The Bertz CT molecular complexity index is 454. The second-order valence-electron chi connectivity index (χ2n) is 7.97. The zero-order chi connectivity index (χ0) is 13.7. The molecular formula is C18H27NO. The van der Waals surface area contributed by atoms with Gasteiger partial charge in [-0.1, -0.05) is 0 Å². The van der Waals surface area contributed by atoms with Crippen molar-refractivity contribution in [3.63, 3.8) is 0 Å². The van der Waals surface area contributed by atoms with Gasteiger partial charge in [0.1, 0.15) is 11.5 Å².